The highest BCUT2D eigenvalue weighted by Crippen LogP contribution is 2.30. The van der Waals surface area contributed by atoms with Gasteiger partial charge in [0, 0.05) is 27.0 Å². The molecule has 0 unspecified atom stereocenters. The van der Waals surface area contributed by atoms with Crippen LogP contribution in [0.25, 0.3) is 17.1 Å². The highest BCUT2D eigenvalue weighted by Gasteiger charge is 2.18. The van der Waals surface area contributed by atoms with Crippen LogP contribution < -0.4 is 10.1 Å². The Labute approximate surface area is 205 Å². The Morgan fingerprint density at radius 3 is 2.39 bits per heavy atom. The Balaban J connectivity index is 1.61. The highest BCUT2D eigenvalue weighted by molar-refractivity contribution is 7.99. The molecule has 3 aromatic carbocycles. The molecule has 1 N–H and O–H groups in total. The fourth-order valence-electron chi connectivity index (χ4n) is 3.16. The summed E-state index contributed by atoms with van der Waals surface area (Å²) in [6.45, 7) is 1.91. The Hall–Kier alpha value is -3.00. The van der Waals surface area contributed by atoms with Gasteiger partial charge in [-0.15, -0.1) is 10.2 Å². The molecule has 4 aromatic rings. The molecule has 9 heteroatoms. The molecule has 1 heterocycles. The van der Waals surface area contributed by atoms with E-state index < -0.39 is 0 Å². The molecule has 1 amide bonds. The number of amides is 1. The number of anilines is 1. The maximum Gasteiger partial charge on any atom is 0.234 e. The third-order valence-electron chi connectivity index (χ3n) is 4.87. The van der Waals surface area contributed by atoms with Crippen molar-refractivity contribution in [3.05, 3.63) is 82.3 Å². The molecule has 0 bridgehead atoms. The molecule has 6 nitrogen and oxygen atoms in total. The number of halogens is 2. The molecule has 0 aliphatic heterocycles. The van der Waals surface area contributed by atoms with Crippen molar-refractivity contribution in [2.45, 2.75) is 12.1 Å². The van der Waals surface area contributed by atoms with E-state index in [4.69, 9.17) is 27.9 Å². The molecule has 0 atom stereocenters. The molecule has 0 saturated heterocycles. The Kier molecular flexibility index (Phi) is 7.23. The van der Waals surface area contributed by atoms with Gasteiger partial charge in [0.1, 0.15) is 5.75 Å². The first-order chi connectivity index (χ1) is 15.9. The van der Waals surface area contributed by atoms with Crippen LogP contribution in [0.4, 0.5) is 5.69 Å². The third-order valence-corrected chi connectivity index (χ3v) is 6.29. The first-order valence-corrected chi connectivity index (χ1v) is 11.7. The van der Waals surface area contributed by atoms with Gasteiger partial charge in [-0.25, -0.2) is 0 Å². The Morgan fingerprint density at radius 1 is 1.00 bits per heavy atom. The van der Waals surface area contributed by atoms with Crippen molar-refractivity contribution >= 4 is 46.6 Å². The van der Waals surface area contributed by atoms with Gasteiger partial charge in [-0.3, -0.25) is 9.36 Å². The number of nitrogens with one attached hydrogen (secondary N) is 1. The molecule has 0 aliphatic carbocycles. The number of rotatable bonds is 7. The van der Waals surface area contributed by atoms with Crippen molar-refractivity contribution in [2.75, 3.05) is 18.2 Å². The van der Waals surface area contributed by atoms with Gasteiger partial charge in [0.25, 0.3) is 0 Å². The number of aryl methyl sites for hydroxylation is 1. The molecule has 0 aliphatic rings. The zero-order valence-electron chi connectivity index (χ0n) is 17.9. The summed E-state index contributed by atoms with van der Waals surface area (Å²) in [7, 11) is 1.62. The maximum atomic E-state index is 12.6. The van der Waals surface area contributed by atoms with E-state index in [0.29, 0.717) is 26.7 Å². The second kappa shape index (κ2) is 10.3. The van der Waals surface area contributed by atoms with Crippen LogP contribution in [0, 0.1) is 6.92 Å². The van der Waals surface area contributed by atoms with E-state index in [1.165, 1.54) is 11.8 Å². The van der Waals surface area contributed by atoms with Crippen LogP contribution >= 0.6 is 35.0 Å². The van der Waals surface area contributed by atoms with Gasteiger partial charge < -0.3 is 10.1 Å². The van der Waals surface area contributed by atoms with Gasteiger partial charge >= 0.3 is 0 Å². The van der Waals surface area contributed by atoms with E-state index >= 15 is 0 Å². The van der Waals surface area contributed by atoms with Crippen molar-refractivity contribution < 1.29 is 9.53 Å². The van der Waals surface area contributed by atoms with Gasteiger partial charge in [-0.1, -0.05) is 41.0 Å². The number of carbonyl (C=O) groups is 1. The van der Waals surface area contributed by atoms with Gasteiger partial charge in [0.2, 0.25) is 5.91 Å². The molecular weight excluding hydrogens is 479 g/mol. The summed E-state index contributed by atoms with van der Waals surface area (Å²) in [5, 5.41) is 13.4. The summed E-state index contributed by atoms with van der Waals surface area (Å²) in [5.74, 6) is 1.37. The topological polar surface area (TPSA) is 69.0 Å². The van der Waals surface area contributed by atoms with Gasteiger partial charge in [0.15, 0.2) is 11.0 Å². The van der Waals surface area contributed by atoms with Crippen LogP contribution in [-0.4, -0.2) is 33.5 Å². The number of methoxy groups -OCH3 is 1. The van der Waals surface area contributed by atoms with E-state index in [-0.39, 0.29) is 11.7 Å². The van der Waals surface area contributed by atoms with E-state index in [9.17, 15) is 4.79 Å². The second-order valence-electron chi connectivity index (χ2n) is 7.14. The predicted octanol–water partition coefficient (Wildman–Crippen LogP) is 6.29. The largest absolute Gasteiger partial charge is 0.497 e. The monoisotopic (exact) mass is 498 g/mol. The van der Waals surface area contributed by atoms with Crippen molar-refractivity contribution in [3.63, 3.8) is 0 Å². The third kappa shape index (κ3) is 5.50. The minimum Gasteiger partial charge on any atom is -0.497 e. The smallest absolute Gasteiger partial charge is 0.234 e. The lowest BCUT2D eigenvalue weighted by atomic mass is 10.2. The minimum atomic E-state index is -0.164. The lowest BCUT2D eigenvalue weighted by Gasteiger charge is -2.12. The zero-order chi connectivity index (χ0) is 23.4. The zero-order valence-corrected chi connectivity index (χ0v) is 20.2. The van der Waals surface area contributed by atoms with Crippen LogP contribution in [0.1, 0.15) is 5.56 Å². The summed E-state index contributed by atoms with van der Waals surface area (Å²) in [6.07, 6.45) is 0. The molecule has 0 saturated carbocycles. The first-order valence-electron chi connectivity index (χ1n) is 9.99. The fraction of sp³-hybridized carbons (Fsp3) is 0.125. The van der Waals surface area contributed by atoms with Crippen molar-refractivity contribution in [1.82, 2.24) is 14.8 Å². The van der Waals surface area contributed by atoms with Crippen LogP contribution in [-0.2, 0) is 4.79 Å². The number of carbonyl (C=O) groups excluding carboxylic acids is 1. The number of nitrogens with zero attached hydrogens (tertiary/aromatic N) is 3. The average molecular weight is 499 g/mol. The Morgan fingerprint density at radius 2 is 1.70 bits per heavy atom. The van der Waals surface area contributed by atoms with Crippen molar-refractivity contribution in [2.24, 2.45) is 0 Å². The number of hydrogen-bond donors (Lipinski definition) is 1. The quantitative estimate of drug-likeness (QED) is 0.303. The summed E-state index contributed by atoms with van der Waals surface area (Å²) in [5.41, 5.74) is 3.32. The summed E-state index contributed by atoms with van der Waals surface area (Å²) in [6, 6.07) is 20.3. The minimum absolute atomic E-state index is 0.154. The first kappa shape index (κ1) is 23.2. The van der Waals surface area contributed by atoms with Gasteiger partial charge in [-0.05, 0) is 73.2 Å². The highest BCUT2D eigenvalue weighted by atomic mass is 35.5. The lowest BCUT2D eigenvalue weighted by molar-refractivity contribution is -0.113. The van der Waals surface area contributed by atoms with Crippen LogP contribution in [0.3, 0.4) is 0 Å². The number of ether oxygens (including phenoxy) is 1. The Bertz CT molecular complexity index is 1270. The van der Waals surface area contributed by atoms with Crippen LogP contribution in [0.2, 0.25) is 10.0 Å². The molecule has 168 valence electrons. The van der Waals surface area contributed by atoms with Crippen LogP contribution in [0.15, 0.2) is 71.9 Å². The van der Waals surface area contributed by atoms with E-state index in [1.54, 1.807) is 31.4 Å². The normalized spacial score (nSPS) is 10.8. The number of aromatic nitrogens is 3. The molecule has 4 rings (SSSR count). The standard InChI is InChI=1S/C24H20Cl2N4O2S/c1-15-3-6-18(26)13-21(15)27-22(31)14-33-24-29-28-23(16-4-7-17(25)8-5-16)30(24)19-9-11-20(32-2)12-10-19/h3-13H,14H2,1-2H3,(H,27,31). The van der Waals surface area contributed by atoms with E-state index in [0.717, 1.165) is 22.6 Å². The van der Waals surface area contributed by atoms with E-state index in [1.807, 2.05) is 54.0 Å². The summed E-state index contributed by atoms with van der Waals surface area (Å²) in [4.78, 5) is 12.6. The average Bonchev–Trinajstić information content (AvgIpc) is 3.24. The lowest BCUT2D eigenvalue weighted by Crippen LogP contribution is -2.15. The fourth-order valence-corrected chi connectivity index (χ4v) is 4.21. The SMILES string of the molecule is COc1ccc(-n2c(SCC(=O)Nc3cc(Cl)ccc3C)nnc2-c2ccc(Cl)cc2)cc1. The molecule has 1 aromatic heterocycles. The molecular formula is C24H20Cl2N4O2S. The predicted molar refractivity (Wildman–Crippen MR) is 134 cm³/mol. The van der Waals surface area contributed by atoms with E-state index in [2.05, 4.69) is 15.5 Å². The molecule has 0 spiro atoms. The molecule has 0 radical (unpaired) electrons. The number of hydrogen-bond acceptors (Lipinski definition) is 5. The number of thioether (sulfide) groups is 1. The summed E-state index contributed by atoms with van der Waals surface area (Å²) >= 11 is 13.4. The number of benzene rings is 3. The molecule has 0 fully saturated rings. The van der Waals surface area contributed by atoms with Crippen LogP contribution in [0.5, 0.6) is 5.75 Å². The van der Waals surface area contributed by atoms with Crippen molar-refractivity contribution in [3.8, 4) is 22.8 Å². The second-order valence-corrected chi connectivity index (χ2v) is 8.96. The van der Waals surface area contributed by atoms with Gasteiger partial charge in [-0.2, -0.15) is 0 Å². The van der Waals surface area contributed by atoms with Gasteiger partial charge in [0.05, 0.1) is 12.9 Å². The molecule has 33 heavy (non-hydrogen) atoms. The maximum absolute atomic E-state index is 12.6. The van der Waals surface area contributed by atoms with Crippen molar-refractivity contribution in [1.29, 1.82) is 0 Å². The summed E-state index contributed by atoms with van der Waals surface area (Å²) < 4.78 is 7.18.